The lowest BCUT2D eigenvalue weighted by atomic mass is 9.88. The van der Waals surface area contributed by atoms with Gasteiger partial charge in [-0.3, -0.25) is 9.59 Å². The summed E-state index contributed by atoms with van der Waals surface area (Å²) >= 11 is 0. The van der Waals surface area contributed by atoms with Crippen molar-refractivity contribution in [3.05, 3.63) is 24.2 Å². The van der Waals surface area contributed by atoms with E-state index in [1.807, 2.05) is 21.9 Å². The average molecular weight is 405 g/mol. The summed E-state index contributed by atoms with van der Waals surface area (Å²) in [6, 6.07) is 3.72. The van der Waals surface area contributed by atoms with E-state index in [4.69, 9.17) is 9.15 Å². The second-order valence-corrected chi connectivity index (χ2v) is 8.44. The summed E-state index contributed by atoms with van der Waals surface area (Å²) in [5.41, 5.74) is 0. The number of furan rings is 1. The second-order valence-electron chi connectivity index (χ2n) is 8.44. The van der Waals surface area contributed by atoms with Crippen molar-refractivity contribution in [1.29, 1.82) is 0 Å². The molecule has 1 atom stereocenters. The van der Waals surface area contributed by atoms with Gasteiger partial charge in [-0.2, -0.15) is 0 Å². The minimum Gasteiger partial charge on any atom is -0.467 e. The monoisotopic (exact) mass is 404 g/mol. The SMILES string of the molecule is CCCCN(CC(=O)N(Cc1ccco1)C[C@H]1CCCO1)C(=O)C1CCCCC1. The number of nitrogens with zero attached hydrogens (tertiary/aromatic N) is 2. The number of hydrogen-bond acceptors (Lipinski definition) is 4. The summed E-state index contributed by atoms with van der Waals surface area (Å²) in [4.78, 5) is 30.0. The van der Waals surface area contributed by atoms with Crippen molar-refractivity contribution in [2.45, 2.75) is 77.4 Å². The van der Waals surface area contributed by atoms with Gasteiger partial charge >= 0.3 is 0 Å². The first kappa shape index (κ1) is 21.9. The molecule has 0 spiro atoms. The van der Waals surface area contributed by atoms with Gasteiger partial charge in [0.05, 0.1) is 25.5 Å². The van der Waals surface area contributed by atoms with Crippen LogP contribution in [0.5, 0.6) is 0 Å². The number of rotatable bonds is 10. The maximum absolute atomic E-state index is 13.3. The standard InChI is InChI=1S/C23H36N2O4/c1-2-3-13-24(23(27)19-9-5-4-6-10-19)18-22(26)25(16-20-11-7-14-28-20)17-21-12-8-15-29-21/h7,11,14,19,21H,2-6,8-10,12-13,15-18H2,1H3/t21-/m1/s1. The Labute approximate surface area is 174 Å². The quantitative estimate of drug-likeness (QED) is 0.591. The van der Waals surface area contributed by atoms with Gasteiger partial charge in [0.15, 0.2) is 0 Å². The molecule has 162 valence electrons. The smallest absolute Gasteiger partial charge is 0.242 e. The van der Waals surface area contributed by atoms with Crippen LogP contribution in [0.2, 0.25) is 0 Å². The summed E-state index contributed by atoms with van der Waals surface area (Å²) in [7, 11) is 0. The number of unbranched alkanes of at least 4 members (excludes halogenated alkanes) is 1. The maximum Gasteiger partial charge on any atom is 0.242 e. The summed E-state index contributed by atoms with van der Waals surface area (Å²) in [5, 5.41) is 0. The van der Waals surface area contributed by atoms with Gasteiger partial charge in [-0.25, -0.2) is 0 Å². The van der Waals surface area contributed by atoms with Crippen molar-refractivity contribution >= 4 is 11.8 Å². The molecule has 1 aliphatic carbocycles. The van der Waals surface area contributed by atoms with Crippen LogP contribution >= 0.6 is 0 Å². The van der Waals surface area contributed by atoms with Crippen LogP contribution in [-0.2, 0) is 20.9 Å². The highest BCUT2D eigenvalue weighted by Gasteiger charge is 2.29. The first-order valence-electron chi connectivity index (χ1n) is 11.4. The van der Waals surface area contributed by atoms with Crippen molar-refractivity contribution < 1.29 is 18.7 Å². The molecule has 0 aromatic carbocycles. The van der Waals surface area contributed by atoms with Crippen LogP contribution in [0.25, 0.3) is 0 Å². The third-order valence-electron chi connectivity index (χ3n) is 6.10. The van der Waals surface area contributed by atoms with Gasteiger partial charge in [-0.15, -0.1) is 0 Å². The van der Waals surface area contributed by atoms with Crippen LogP contribution in [0.3, 0.4) is 0 Å². The van der Waals surface area contributed by atoms with Crippen LogP contribution in [-0.4, -0.2) is 54.0 Å². The Kier molecular flexibility index (Phi) is 8.59. The normalized spacial score (nSPS) is 20.0. The topological polar surface area (TPSA) is 63.0 Å². The predicted octanol–water partition coefficient (Wildman–Crippen LogP) is 4.00. The van der Waals surface area contributed by atoms with Crippen molar-refractivity contribution in [2.24, 2.45) is 5.92 Å². The number of ether oxygens (including phenoxy) is 1. The van der Waals surface area contributed by atoms with Gasteiger partial charge < -0.3 is 19.0 Å². The van der Waals surface area contributed by atoms with Gasteiger partial charge in [0.1, 0.15) is 5.76 Å². The number of hydrogen-bond donors (Lipinski definition) is 0. The zero-order valence-electron chi connectivity index (χ0n) is 17.8. The van der Waals surface area contributed by atoms with Crippen LogP contribution in [0.15, 0.2) is 22.8 Å². The molecule has 1 saturated heterocycles. The highest BCUT2D eigenvalue weighted by molar-refractivity contribution is 5.86. The molecule has 2 fully saturated rings. The van der Waals surface area contributed by atoms with Crippen molar-refractivity contribution in [3.63, 3.8) is 0 Å². The van der Waals surface area contributed by atoms with Crippen LogP contribution in [0.4, 0.5) is 0 Å². The summed E-state index contributed by atoms with van der Waals surface area (Å²) in [6.45, 7) is 4.67. The number of carbonyl (C=O) groups is 2. The molecule has 0 bridgehead atoms. The molecular formula is C23H36N2O4. The summed E-state index contributed by atoms with van der Waals surface area (Å²) in [6.07, 6.45) is 11.0. The van der Waals surface area contributed by atoms with Gasteiger partial charge in [0, 0.05) is 25.6 Å². The Morgan fingerprint density at radius 2 is 1.93 bits per heavy atom. The minimum atomic E-state index is -0.0165. The fourth-order valence-electron chi connectivity index (χ4n) is 4.37. The van der Waals surface area contributed by atoms with Crippen LogP contribution in [0.1, 0.15) is 70.5 Å². The molecule has 2 amide bonds. The molecule has 29 heavy (non-hydrogen) atoms. The Balaban J connectivity index is 1.66. The highest BCUT2D eigenvalue weighted by Crippen LogP contribution is 2.26. The lowest BCUT2D eigenvalue weighted by Crippen LogP contribution is -2.47. The summed E-state index contributed by atoms with van der Waals surface area (Å²) in [5.74, 6) is 0.999. The molecule has 0 unspecified atom stereocenters. The van der Waals surface area contributed by atoms with Crippen LogP contribution in [0, 0.1) is 5.92 Å². The Morgan fingerprint density at radius 3 is 2.59 bits per heavy atom. The number of amides is 2. The zero-order chi connectivity index (χ0) is 20.5. The third-order valence-corrected chi connectivity index (χ3v) is 6.10. The zero-order valence-corrected chi connectivity index (χ0v) is 17.8. The fraction of sp³-hybridized carbons (Fsp3) is 0.739. The Morgan fingerprint density at radius 1 is 1.10 bits per heavy atom. The van der Waals surface area contributed by atoms with E-state index in [2.05, 4.69) is 6.92 Å². The van der Waals surface area contributed by atoms with E-state index in [0.29, 0.717) is 19.6 Å². The van der Waals surface area contributed by atoms with Gasteiger partial charge in [0.2, 0.25) is 11.8 Å². The van der Waals surface area contributed by atoms with E-state index in [9.17, 15) is 9.59 Å². The molecule has 1 aromatic heterocycles. The van der Waals surface area contributed by atoms with Gasteiger partial charge in [0.25, 0.3) is 0 Å². The number of carbonyl (C=O) groups excluding carboxylic acids is 2. The van der Waals surface area contributed by atoms with E-state index in [-0.39, 0.29) is 30.4 Å². The molecular weight excluding hydrogens is 368 g/mol. The van der Waals surface area contributed by atoms with Gasteiger partial charge in [-0.1, -0.05) is 32.6 Å². The van der Waals surface area contributed by atoms with Crippen LogP contribution < -0.4 is 0 Å². The Bertz CT molecular complexity index is 619. The molecule has 0 N–H and O–H groups in total. The van der Waals surface area contributed by atoms with E-state index in [1.165, 1.54) is 6.42 Å². The highest BCUT2D eigenvalue weighted by atomic mass is 16.5. The lowest BCUT2D eigenvalue weighted by molar-refractivity contribution is -0.144. The molecule has 2 aliphatic rings. The molecule has 2 heterocycles. The largest absolute Gasteiger partial charge is 0.467 e. The molecule has 1 aliphatic heterocycles. The molecule has 1 aromatic rings. The summed E-state index contributed by atoms with van der Waals surface area (Å²) < 4.78 is 11.2. The molecule has 1 saturated carbocycles. The van der Waals surface area contributed by atoms with Gasteiger partial charge in [-0.05, 0) is 44.2 Å². The maximum atomic E-state index is 13.3. The van der Waals surface area contributed by atoms with E-state index in [1.54, 1.807) is 6.26 Å². The molecule has 3 rings (SSSR count). The fourth-order valence-corrected chi connectivity index (χ4v) is 4.37. The van der Waals surface area contributed by atoms with Crippen molar-refractivity contribution in [3.8, 4) is 0 Å². The second kappa shape index (κ2) is 11.4. The van der Waals surface area contributed by atoms with E-state index < -0.39 is 0 Å². The molecule has 0 radical (unpaired) electrons. The van der Waals surface area contributed by atoms with E-state index >= 15 is 0 Å². The first-order chi connectivity index (χ1) is 14.2. The average Bonchev–Trinajstić information content (AvgIpc) is 3.45. The van der Waals surface area contributed by atoms with Crippen molar-refractivity contribution in [2.75, 3.05) is 26.2 Å². The first-order valence-corrected chi connectivity index (χ1v) is 11.4. The molecule has 6 heteroatoms. The molecule has 6 nitrogen and oxygen atoms in total. The minimum absolute atomic E-state index is 0.0165. The predicted molar refractivity (Wildman–Crippen MR) is 111 cm³/mol. The Hall–Kier alpha value is -1.82. The van der Waals surface area contributed by atoms with Crippen molar-refractivity contribution in [1.82, 2.24) is 9.80 Å². The van der Waals surface area contributed by atoms with E-state index in [0.717, 1.165) is 63.7 Å². The third kappa shape index (κ3) is 6.59. The lowest BCUT2D eigenvalue weighted by Gasteiger charge is -2.31.